The topological polar surface area (TPSA) is 186 Å². The zero-order chi connectivity index (χ0) is 51.9. The minimum atomic E-state index is -0.835. The van der Waals surface area contributed by atoms with E-state index in [1.54, 1.807) is 39.8 Å². The van der Waals surface area contributed by atoms with E-state index in [1.807, 2.05) is 113 Å². The number of aliphatic imine (C=N–C) groups is 1. The summed E-state index contributed by atoms with van der Waals surface area (Å²) in [6.07, 6.45) is 4.03. The van der Waals surface area contributed by atoms with Crippen LogP contribution in [0.1, 0.15) is 129 Å². The zero-order valence-corrected chi connectivity index (χ0v) is 45.2. The molecule has 15 nitrogen and oxygen atoms in total. The predicted octanol–water partition coefficient (Wildman–Crippen LogP) is 9.32. The van der Waals surface area contributed by atoms with Gasteiger partial charge < -0.3 is 25.6 Å². The van der Waals surface area contributed by atoms with E-state index in [4.69, 9.17) is 21.3 Å². The lowest BCUT2D eigenvalue weighted by Gasteiger charge is -2.35. The number of nitrogens with zero attached hydrogens (tertiary/aromatic N) is 7. The third kappa shape index (κ3) is 11.3. The van der Waals surface area contributed by atoms with Gasteiger partial charge in [0, 0.05) is 65.1 Å². The van der Waals surface area contributed by atoms with Crippen LogP contribution in [0.5, 0.6) is 5.88 Å². The molecule has 4 aromatic heterocycles. The maximum atomic E-state index is 14.3. The molecule has 1 saturated carbocycles. The number of fused-ring (bicyclic) bond motifs is 3. The number of thiazole rings is 1. The number of aryl methyl sites for hydroxylation is 4. The molecule has 382 valence electrons. The lowest BCUT2D eigenvalue weighted by Crippen LogP contribution is -2.57. The number of nitrogens with one attached hydrogen (secondary N) is 3. The molecule has 6 heterocycles. The second kappa shape index (κ2) is 21.3. The Balaban J connectivity index is 0.750. The van der Waals surface area contributed by atoms with Gasteiger partial charge in [0.2, 0.25) is 29.5 Å². The number of pyridine rings is 1. The molecule has 2 aliphatic heterocycles. The summed E-state index contributed by atoms with van der Waals surface area (Å²) < 4.78 is 8.21. The fourth-order valence-electron chi connectivity index (χ4n) is 9.91. The fourth-order valence-corrected chi connectivity index (χ4v) is 12.1. The molecule has 1 aliphatic carbocycles. The van der Waals surface area contributed by atoms with E-state index in [1.165, 1.54) is 4.88 Å². The zero-order valence-electron chi connectivity index (χ0n) is 42.8. The molecule has 73 heavy (non-hydrogen) atoms. The van der Waals surface area contributed by atoms with Crippen LogP contribution >= 0.6 is 34.3 Å². The largest absolute Gasteiger partial charge is 0.474 e. The van der Waals surface area contributed by atoms with E-state index < -0.39 is 23.5 Å². The Hall–Kier alpha value is -6.30. The Kier molecular flexibility index (Phi) is 15.0. The molecule has 0 spiro atoms. The average molecular weight is 1040 g/mol. The third-order valence-corrected chi connectivity index (χ3v) is 16.6. The molecule has 5 atom stereocenters. The first-order valence-corrected chi connectivity index (χ1v) is 27.1. The van der Waals surface area contributed by atoms with Gasteiger partial charge in [-0.1, -0.05) is 81.8 Å². The maximum absolute atomic E-state index is 14.3. The summed E-state index contributed by atoms with van der Waals surface area (Å²) in [5.41, 5.74) is 8.95. The molecule has 9 rings (SSSR count). The number of hydrogen-bond acceptors (Lipinski definition) is 12. The van der Waals surface area contributed by atoms with Crippen LogP contribution in [0, 0.1) is 39.0 Å². The molecule has 4 amide bonds. The van der Waals surface area contributed by atoms with Crippen molar-refractivity contribution < 1.29 is 23.9 Å². The Bertz CT molecular complexity index is 3040. The number of hydrogen-bond donors (Lipinski definition) is 3. The number of benzene rings is 2. The fraction of sp³-hybridized carbons (Fsp3) is 0.436. The highest BCUT2D eigenvalue weighted by molar-refractivity contribution is 7.15. The van der Waals surface area contributed by atoms with Gasteiger partial charge in [0.05, 0.1) is 34.3 Å². The van der Waals surface area contributed by atoms with Crippen LogP contribution in [0.3, 0.4) is 0 Å². The average Bonchev–Trinajstić information content (AvgIpc) is 4.11. The Labute approximate surface area is 439 Å². The van der Waals surface area contributed by atoms with Gasteiger partial charge in [0.1, 0.15) is 35.1 Å². The Morgan fingerprint density at radius 1 is 0.890 bits per heavy atom. The van der Waals surface area contributed by atoms with Gasteiger partial charge >= 0.3 is 0 Å². The summed E-state index contributed by atoms with van der Waals surface area (Å²) >= 11 is 9.54. The quantitative estimate of drug-likeness (QED) is 0.0902. The first-order chi connectivity index (χ1) is 34.8. The van der Waals surface area contributed by atoms with Crippen molar-refractivity contribution in [3.63, 3.8) is 0 Å². The molecule has 0 unspecified atom stereocenters. The van der Waals surface area contributed by atoms with Crippen LogP contribution in [0.15, 0.2) is 77.4 Å². The van der Waals surface area contributed by atoms with E-state index in [9.17, 15) is 19.2 Å². The van der Waals surface area contributed by atoms with Crippen LogP contribution < -0.4 is 20.7 Å². The third-order valence-electron chi connectivity index (χ3n) is 14.2. The van der Waals surface area contributed by atoms with E-state index in [-0.39, 0.29) is 60.6 Å². The Morgan fingerprint density at radius 3 is 2.29 bits per heavy atom. The minimum Gasteiger partial charge on any atom is -0.474 e. The molecule has 1 saturated heterocycles. The van der Waals surface area contributed by atoms with Crippen molar-refractivity contribution in [3.05, 3.63) is 127 Å². The van der Waals surface area contributed by atoms with Crippen molar-refractivity contribution in [1.29, 1.82) is 0 Å². The van der Waals surface area contributed by atoms with E-state index in [0.29, 0.717) is 49.0 Å². The van der Waals surface area contributed by atoms with Gasteiger partial charge in [0.15, 0.2) is 5.82 Å². The second-order valence-corrected chi connectivity index (χ2v) is 23.4. The number of halogens is 1. The standard InChI is InChI=1S/C55H63ClN10O5S2/c1-29-22-43(52(69)59-31(3)36-12-14-38(15-13-36)49-32(4)58-28-72-49)65(27-29)53(70)50(55(7,8)9)62-44(67)20-10-35-11-21-46(57-26-35)71-41-23-40(24-41)60-45(68)25-42-51-64-63-34(6)66(51)54-47(30(2)33(5)73-54)48(61-42)37-16-18-39(56)19-17-37/h11-19,21,26,28-29,31,40-43,50H,10,20,22-25,27H2,1-9H3,(H,59,69)(H,60,68)(H,62,67)/t29-,31+,40?,41?,42+,43+,50-/m1/s1. The number of amides is 4. The van der Waals surface area contributed by atoms with Gasteiger partial charge in [-0.3, -0.25) is 28.7 Å². The normalized spacial score (nSPS) is 20.2. The second-order valence-electron chi connectivity index (χ2n) is 20.9. The van der Waals surface area contributed by atoms with Crippen molar-refractivity contribution in [1.82, 2.24) is 45.6 Å². The summed E-state index contributed by atoms with van der Waals surface area (Å²) in [5.74, 6) is 1.08. The van der Waals surface area contributed by atoms with Crippen LogP contribution in [-0.2, 0) is 25.6 Å². The van der Waals surface area contributed by atoms with Gasteiger partial charge in [-0.2, -0.15) is 0 Å². The minimum absolute atomic E-state index is 0.0650. The number of carbonyl (C=O) groups is 4. The van der Waals surface area contributed by atoms with E-state index in [2.05, 4.69) is 50.0 Å². The van der Waals surface area contributed by atoms with Gasteiger partial charge in [-0.25, -0.2) is 9.97 Å². The van der Waals surface area contributed by atoms with Gasteiger partial charge in [-0.05, 0) is 93.2 Å². The van der Waals surface area contributed by atoms with Crippen molar-refractivity contribution in [2.75, 3.05) is 6.54 Å². The van der Waals surface area contributed by atoms with Crippen molar-refractivity contribution in [3.8, 4) is 21.3 Å². The molecule has 3 aliphatic rings. The predicted molar refractivity (Wildman–Crippen MR) is 286 cm³/mol. The van der Waals surface area contributed by atoms with Crippen LogP contribution in [0.2, 0.25) is 5.02 Å². The smallest absolute Gasteiger partial charge is 0.246 e. The van der Waals surface area contributed by atoms with Gasteiger partial charge in [0.25, 0.3) is 0 Å². The highest BCUT2D eigenvalue weighted by atomic mass is 35.5. The summed E-state index contributed by atoms with van der Waals surface area (Å²) in [4.78, 5) is 73.4. The summed E-state index contributed by atoms with van der Waals surface area (Å²) in [7, 11) is 0. The Morgan fingerprint density at radius 2 is 1.62 bits per heavy atom. The molecule has 3 N–H and O–H groups in total. The maximum Gasteiger partial charge on any atom is 0.246 e. The molecule has 2 fully saturated rings. The lowest BCUT2D eigenvalue weighted by atomic mass is 9.85. The highest BCUT2D eigenvalue weighted by Crippen LogP contribution is 2.40. The number of ether oxygens (including phenoxy) is 1. The van der Waals surface area contributed by atoms with Crippen molar-refractivity contribution in [2.24, 2.45) is 16.3 Å². The molecule has 6 aromatic rings. The summed E-state index contributed by atoms with van der Waals surface area (Å²) in [6, 6.07) is 17.0. The van der Waals surface area contributed by atoms with Crippen molar-refractivity contribution >= 4 is 63.6 Å². The highest BCUT2D eigenvalue weighted by Gasteiger charge is 2.44. The number of carbonyl (C=O) groups excluding carboxylic acids is 4. The first-order valence-electron chi connectivity index (χ1n) is 25.0. The van der Waals surface area contributed by atoms with E-state index >= 15 is 0 Å². The lowest BCUT2D eigenvalue weighted by molar-refractivity contribution is -0.144. The van der Waals surface area contributed by atoms with E-state index in [0.717, 1.165) is 60.5 Å². The first kappa shape index (κ1) is 51.6. The number of thiophene rings is 1. The van der Waals surface area contributed by atoms with Crippen LogP contribution in [0.25, 0.3) is 15.4 Å². The SMILES string of the molecule is Cc1ncsc1-c1ccc([C@H](C)NC(=O)[C@@H]2C[C@@H](C)CN2C(=O)[C@@H](NC(=O)CCc2ccc(OC3CC(NC(=O)C[C@@H]4N=C(c5ccc(Cl)cc5)c5c(sc(C)c5C)-n5c(C)nnc54)C3)nc2)C(C)(C)C)cc1. The molecule has 2 aromatic carbocycles. The van der Waals surface area contributed by atoms with Gasteiger partial charge in [-0.15, -0.1) is 32.9 Å². The summed E-state index contributed by atoms with van der Waals surface area (Å²) in [5, 5.41) is 19.9. The van der Waals surface area contributed by atoms with Crippen LogP contribution in [-0.4, -0.2) is 89.7 Å². The van der Waals surface area contributed by atoms with Crippen LogP contribution in [0.4, 0.5) is 0 Å². The number of rotatable bonds is 15. The van der Waals surface area contributed by atoms with Crippen molar-refractivity contribution in [2.45, 2.75) is 137 Å². The molecular weight excluding hydrogens is 980 g/mol. The summed E-state index contributed by atoms with van der Waals surface area (Å²) in [6.45, 7) is 18.3. The molecule has 0 radical (unpaired) electrons. The number of likely N-dealkylation sites (tertiary alicyclic amines) is 1. The monoisotopic (exact) mass is 1040 g/mol. The number of aromatic nitrogens is 5. The molecule has 18 heteroatoms. The molecular formula is C55H63ClN10O5S2. The molecule has 0 bridgehead atoms.